The summed E-state index contributed by atoms with van der Waals surface area (Å²) in [5.41, 5.74) is 3.05. The van der Waals surface area contributed by atoms with E-state index in [0.29, 0.717) is 23.9 Å². The van der Waals surface area contributed by atoms with Crippen molar-refractivity contribution >= 4 is 23.3 Å². The minimum atomic E-state index is -0.233. The van der Waals surface area contributed by atoms with Crippen LogP contribution < -0.4 is 15.4 Å². The molecule has 2 aromatic carbocycles. The van der Waals surface area contributed by atoms with E-state index in [9.17, 15) is 4.79 Å². The maximum atomic E-state index is 12.0. The number of hydrogen-bond acceptors (Lipinski definition) is 2. The van der Waals surface area contributed by atoms with Gasteiger partial charge in [0.05, 0.1) is 6.54 Å². The molecule has 0 heterocycles. The van der Waals surface area contributed by atoms with Crippen molar-refractivity contribution in [2.24, 2.45) is 0 Å². The molecule has 0 unspecified atom stereocenters. The molecule has 2 aromatic rings. The Labute approximate surface area is 141 Å². The second-order valence-electron chi connectivity index (χ2n) is 5.15. The summed E-state index contributed by atoms with van der Waals surface area (Å²) in [5.74, 6) is 0.687. The van der Waals surface area contributed by atoms with Gasteiger partial charge in [0.15, 0.2) is 0 Å². The molecule has 0 aliphatic rings. The minimum Gasteiger partial charge on any atom is -0.492 e. The van der Waals surface area contributed by atoms with Crippen LogP contribution in [0.5, 0.6) is 5.75 Å². The lowest BCUT2D eigenvalue weighted by Gasteiger charge is -2.14. The Balaban J connectivity index is 1.80. The van der Waals surface area contributed by atoms with Crippen LogP contribution in [0.4, 0.5) is 10.5 Å². The number of ether oxygens (including phenoxy) is 1. The van der Waals surface area contributed by atoms with Gasteiger partial charge in [-0.25, -0.2) is 4.79 Å². The van der Waals surface area contributed by atoms with Crippen LogP contribution in [0.3, 0.4) is 0 Å². The summed E-state index contributed by atoms with van der Waals surface area (Å²) in [6.45, 7) is 4.83. The molecule has 0 fully saturated rings. The number of hydrogen-bond donors (Lipinski definition) is 2. The highest BCUT2D eigenvalue weighted by molar-refractivity contribution is 6.30. The second kappa shape index (κ2) is 8.44. The highest BCUT2D eigenvalue weighted by atomic mass is 35.5. The van der Waals surface area contributed by atoms with E-state index in [4.69, 9.17) is 16.3 Å². The van der Waals surface area contributed by atoms with Crippen LogP contribution in [0.2, 0.25) is 5.02 Å². The van der Waals surface area contributed by atoms with E-state index in [-0.39, 0.29) is 6.03 Å². The number of urea groups is 1. The fraction of sp³-hybridized carbons (Fsp3) is 0.278. The molecule has 0 spiro atoms. The van der Waals surface area contributed by atoms with E-state index < -0.39 is 0 Å². The zero-order valence-electron chi connectivity index (χ0n) is 13.4. The number of aryl methyl sites for hydroxylation is 2. The molecule has 2 rings (SSSR count). The molecule has 0 saturated heterocycles. The standard InChI is InChI=1S/C18H21ClN2O2/c1-3-14-7-4-6-13(2)17(14)21-18(22)20-10-11-23-16-9-5-8-15(19)12-16/h4-9,12H,3,10-11H2,1-2H3,(H2,20,21,22). The Hall–Kier alpha value is -2.20. The van der Waals surface area contributed by atoms with Crippen molar-refractivity contribution in [3.63, 3.8) is 0 Å². The predicted molar refractivity (Wildman–Crippen MR) is 94.5 cm³/mol. The van der Waals surface area contributed by atoms with E-state index >= 15 is 0 Å². The first-order valence-corrected chi connectivity index (χ1v) is 7.99. The first-order valence-electron chi connectivity index (χ1n) is 7.62. The Kier molecular flexibility index (Phi) is 6.29. The molecule has 0 saturated carbocycles. The summed E-state index contributed by atoms with van der Waals surface area (Å²) in [5, 5.41) is 6.32. The summed E-state index contributed by atoms with van der Waals surface area (Å²) in [6.07, 6.45) is 0.870. The average molecular weight is 333 g/mol. The van der Waals surface area contributed by atoms with Crippen molar-refractivity contribution in [3.8, 4) is 5.75 Å². The summed E-state index contributed by atoms with van der Waals surface area (Å²) in [6, 6.07) is 12.9. The molecule has 4 nitrogen and oxygen atoms in total. The zero-order valence-corrected chi connectivity index (χ0v) is 14.1. The third-order valence-electron chi connectivity index (χ3n) is 3.43. The van der Waals surface area contributed by atoms with Gasteiger partial charge in [-0.3, -0.25) is 0 Å². The van der Waals surface area contributed by atoms with E-state index in [1.165, 1.54) is 0 Å². The van der Waals surface area contributed by atoms with Crippen molar-refractivity contribution in [2.75, 3.05) is 18.5 Å². The van der Waals surface area contributed by atoms with Crippen molar-refractivity contribution in [2.45, 2.75) is 20.3 Å². The van der Waals surface area contributed by atoms with Gasteiger partial charge in [0.1, 0.15) is 12.4 Å². The largest absolute Gasteiger partial charge is 0.492 e. The number of rotatable bonds is 6. The molecule has 5 heteroatoms. The molecule has 0 aliphatic heterocycles. The third kappa shape index (κ3) is 5.18. The number of benzene rings is 2. The molecule has 2 amide bonds. The molecular formula is C18H21ClN2O2. The van der Waals surface area contributed by atoms with Crippen LogP contribution in [-0.4, -0.2) is 19.2 Å². The Morgan fingerprint density at radius 2 is 2.00 bits per heavy atom. The Morgan fingerprint density at radius 3 is 2.74 bits per heavy atom. The van der Waals surface area contributed by atoms with Crippen molar-refractivity contribution in [1.82, 2.24) is 5.32 Å². The van der Waals surface area contributed by atoms with Gasteiger partial charge in [0.25, 0.3) is 0 Å². The van der Waals surface area contributed by atoms with Crippen LogP contribution in [0.1, 0.15) is 18.1 Å². The summed E-state index contributed by atoms with van der Waals surface area (Å²) < 4.78 is 5.53. The second-order valence-corrected chi connectivity index (χ2v) is 5.59. The van der Waals surface area contributed by atoms with E-state index in [0.717, 1.165) is 23.2 Å². The van der Waals surface area contributed by atoms with Gasteiger partial charge >= 0.3 is 6.03 Å². The lowest BCUT2D eigenvalue weighted by atomic mass is 10.1. The van der Waals surface area contributed by atoms with Crippen molar-refractivity contribution < 1.29 is 9.53 Å². The molecule has 0 radical (unpaired) electrons. The van der Waals surface area contributed by atoms with E-state index in [2.05, 4.69) is 17.6 Å². The van der Waals surface area contributed by atoms with Crippen LogP contribution in [0, 0.1) is 6.92 Å². The normalized spacial score (nSPS) is 10.2. The fourth-order valence-corrected chi connectivity index (χ4v) is 2.43. The average Bonchev–Trinajstić information content (AvgIpc) is 2.53. The van der Waals surface area contributed by atoms with Crippen LogP contribution in [0.15, 0.2) is 42.5 Å². The monoisotopic (exact) mass is 332 g/mol. The quantitative estimate of drug-likeness (QED) is 0.770. The number of amides is 2. The van der Waals surface area contributed by atoms with Gasteiger partial charge in [0, 0.05) is 10.7 Å². The molecule has 0 aromatic heterocycles. The van der Waals surface area contributed by atoms with Crippen LogP contribution in [-0.2, 0) is 6.42 Å². The molecule has 0 atom stereocenters. The molecule has 0 bridgehead atoms. The number of carbonyl (C=O) groups excluding carboxylic acids is 1. The van der Waals surface area contributed by atoms with Gasteiger partial charge in [0.2, 0.25) is 0 Å². The number of carbonyl (C=O) groups is 1. The van der Waals surface area contributed by atoms with E-state index in [1.54, 1.807) is 12.1 Å². The van der Waals surface area contributed by atoms with Crippen LogP contribution in [0.25, 0.3) is 0 Å². The highest BCUT2D eigenvalue weighted by Gasteiger charge is 2.07. The van der Waals surface area contributed by atoms with Gasteiger partial charge in [-0.15, -0.1) is 0 Å². The Morgan fingerprint density at radius 1 is 1.22 bits per heavy atom. The number of halogens is 1. The Bertz CT molecular complexity index is 674. The number of para-hydroxylation sites is 1. The van der Waals surface area contributed by atoms with Crippen molar-refractivity contribution in [1.29, 1.82) is 0 Å². The topological polar surface area (TPSA) is 50.4 Å². The highest BCUT2D eigenvalue weighted by Crippen LogP contribution is 2.20. The lowest BCUT2D eigenvalue weighted by Crippen LogP contribution is -2.32. The van der Waals surface area contributed by atoms with Crippen LogP contribution >= 0.6 is 11.6 Å². The van der Waals surface area contributed by atoms with Gasteiger partial charge in [-0.05, 0) is 42.7 Å². The van der Waals surface area contributed by atoms with Crippen molar-refractivity contribution in [3.05, 3.63) is 58.6 Å². The van der Waals surface area contributed by atoms with Gasteiger partial charge in [-0.2, -0.15) is 0 Å². The molecule has 23 heavy (non-hydrogen) atoms. The summed E-state index contributed by atoms with van der Waals surface area (Å²) in [4.78, 5) is 12.0. The SMILES string of the molecule is CCc1cccc(C)c1NC(=O)NCCOc1cccc(Cl)c1. The molecule has 0 aliphatic carbocycles. The maximum Gasteiger partial charge on any atom is 0.319 e. The summed E-state index contributed by atoms with van der Waals surface area (Å²) >= 11 is 5.88. The minimum absolute atomic E-state index is 0.233. The lowest BCUT2D eigenvalue weighted by molar-refractivity contribution is 0.247. The fourth-order valence-electron chi connectivity index (χ4n) is 2.25. The number of anilines is 1. The first-order chi connectivity index (χ1) is 11.1. The van der Waals surface area contributed by atoms with Gasteiger partial charge < -0.3 is 15.4 Å². The molecular weight excluding hydrogens is 312 g/mol. The molecule has 122 valence electrons. The van der Waals surface area contributed by atoms with E-state index in [1.807, 2.05) is 37.3 Å². The number of nitrogens with one attached hydrogen (secondary N) is 2. The summed E-state index contributed by atoms with van der Waals surface area (Å²) in [7, 11) is 0. The molecule has 2 N–H and O–H groups in total. The third-order valence-corrected chi connectivity index (χ3v) is 3.67. The predicted octanol–water partition coefficient (Wildman–Crippen LogP) is 4.41. The first kappa shape index (κ1) is 17.2. The smallest absolute Gasteiger partial charge is 0.319 e. The van der Waals surface area contributed by atoms with Gasteiger partial charge in [-0.1, -0.05) is 42.8 Å². The maximum absolute atomic E-state index is 12.0. The zero-order chi connectivity index (χ0) is 16.7.